The van der Waals surface area contributed by atoms with Crippen LogP contribution in [0.5, 0.6) is 0 Å². The van der Waals surface area contributed by atoms with E-state index in [-0.39, 0.29) is 11.8 Å². The van der Waals surface area contributed by atoms with Gasteiger partial charge in [-0.15, -0.1) is 0 Å². The highest BCUT2D eigenvalue weighted by atomic mass is 16.1. The zero-order valence-corrected chi connectivity index (χ0v) is 10.6. The third-order valence-corrected chi connectivity index (χ3v) is 2.62. The van der Waals surface area contributed by atoms with Crippen molar-refractivity contribution >= 4 is 11.6 Å². The lowest BCUT2D eigenvalue weighted by atomic mass is 10.1. The van der Waals surface area contributed by atoms with E-state index in [0.717, 1.165) is 16.9 Å². The first-order chi connectivity index (χ1) is 8.66. The molecule has 0 bridgehead atoms. The number of amides is 1. The van der Waals surface area contributed by atoms with E-state index in [0.29, 0.717) is 0 Å². The Bertz CT molecular complexity index is 535. The zero-order valence-electron chi connectivity index (χ0n) is 10.6. The highest BCUT2D eigenvalue weighted by Gasteiger charge is 2.07. The molecule has 18 heavy (non-hydrogen) atoms. The van der Waals surface area contributed by atoms with Gasteiger partial charge >= 0.3 is 0 Å². The summed E-state index contributed by atoms with van der Waals surface area (Å²) in [5, 5.41) is 2.88. The molecule has 1 amide bonds. The van der Waals surface area contributed by atoms with Crippen molar-refractivity contribution in [2.75, 3.05) is 5.32 Å². The molecule has 0 aliphatic rings. The van der Waals surface area contributed by atoms with Gasteiger partial charge in [0.2, 0.25) is 5.91 Å². The van der Waals surface area contributed by atoms with Gasteiger partial charge in [0.05, 0.1) is 5.69 Å². The highest BCUT2D eigenvalue weighted by molar-refractivity contribution is 5.92. The predicted molar refractivity (Wildman–Crippen MR) is 73.1 cm³/mol. The van der Waals surface area contributed by atoms with E-state index in [1.54, 1.807) is 6.20 Å². The van der Waals surface area contributed by atoms with E-state index >= 15 is 0 Å². The van der Waals surface area contributed by atoms with Crippen LogP contribution in [0.15, 0.2) is 48.7 Å². The van der Waals surface area contributed by atoms with E-state index in [1.165, 1.54) is 0 Å². The van der Waals surface area contributed by atoms with Gasteiger partial charge in [0, 0.05) is 23.4 Å². The van der Waals surface area contributed by atoms with Crippen LogP contribution in [0, 0.1) is 5.92 Å². The maximum atomic E-state index is 11.6. The number of hydrogen-bond donors (Lipinski definition) is 1. The van der Waals surface area contributed by atoms with Crippen LogP contribution in [0.25, 0.3) is 11.3 Å². The molecule has 0 atom stereocenters. The van der Waals surface area contributed by atoms with Crippen LogP contribution in [0.2, 0.25) is 0 Å². The number of nitrogens with one attached hydrogen (secondary N) is 1. The second-order valence-electron chi connectivity index (χ2n) is 4.44. The second-order valence-corrected chi connectivity index (χ2v) is 4.44. The first-order valence-corrected chi connectivity index (χ1v) is 5.99. The molecule has 0 radical (unpaired) electrons. The van der Waals surface area contributed by atoms with Crippen LogP contribution in [0.1, 0.15) is 13.8 Å². The predicted octanol–water partition coefficient (Wildman–Crippen LogP) is 3.34. The van der Waals surface area contributed by atoms with Gasteiger partial charge in [0.15, 0.2) is 0 Å². The van der Waals surface area contributed by atoms with Gasteiger partial charge in [0.1, 0.15) is 0 Å². The summed E-state index contributed by atoms with van der Waals surface area (Å²) in [5.74, 6) is -0.00308. The Labute approximate surface area is 107 Å². The topological polar surface area (TPSA) is 42.0 Å². The molecule has 3 nitrogen and oxygen atoms in total. The summed E-state index contributed by atoms with van der Waals surface area (Å²) in [7, 11) is 0. The Morgan fingerprint density at radius 1 is 1.17 bits per heavy atom. The molecule has 3 heteroatoms. The minimum atomic E-state index is -0.0245. The van der Waals surface area contributed by atoms with Gasteiger partial charge in [-0.2, -0.15) is 0 Å². The third kappa shape index (κ3) is 2.94. The molecular formula is C15H16N2O. The van der Waals surface area contributed by atoms with Crippen LogP contribution >= 0.6 is 0 Å². The molecule has 92 valence electrons. The Kier molecular flexibility index (Phi) is 3.72. The maximum Gasteiger partial charge on any atom is 0.226 e. The number of rotatable bonds is 3. The lowest BCUT2D eigenvalue weighted by molar-refractivity contribution is -0.118. The fourth-order valence-electron chi connectivity index (χ4n) is 1.58. The quantitative estimate of drug-likeness (QED) is 0.894. The van der Waals surface area contributed by atoms with Crippen LogP contribution in [0.3, 0.4) is 0 Å². The maximum absolute atomic E-state index is 11.6. The fraction of sp³-hybridized carbons (Fsp3) is 0.200. The summed E-state index contributed by atoms with van der Waals surface area (Å²) in [4.78, 5) is 15.9. The number of anilines is 1. The average molecular weight is 240 g/mol. The molecule has 0 aliphatic heterocycles. The molecule has 1 aromatic carbocycles. The molecule has 0 fully saturated rings. The summed E-state index contributed by atoms with van der Waals surface area (Å²) < 4.78 is 0. The minimum absolute atomic E-state index is 0.0215. The summed E-state index contributed by atoms with van der Waals surface area (Å²) in [6.45, 7) is 3.75. The molecule has 0 saturated carbocycles. The van der Waals surface area contributed by atoms with Crippen molar-refractivity contribution in [3.63, 3.8) is 0 Å². The number of benzene rings is 1. The van der Waals surface area contributed by atoms with Crippen molar-refractivity contribution in [2.24, 2.45) is 5.92 Å². The lowest BCUT2D eigenvalue weighted by Crippen LogP contribution is -2.17. The Hall–Kier alpha value is -2.16. The number of nitrogens with zero attached hydrogens (tertiary/aromatic N) is 1. The second kappa shape index (κ2) is 5.45. The summed E-state index contributed by atoms with van der Waals surface area (Å²) in [6.07, 6.45) is 1.76. The fourth-order valence-corrected chi connectivity index (χ4v) is 1.58. The van der Waals surface area contributed by atoms with Crippen LogP contribution in [0.4, 0.5) is 5.69 Å². The monoisotopic (exact) mass is 240 g/mol. The molecule has 0 unspecified atom stereocenters. The summed E-state index contributed by atoms with van der Waals surface area (Å²) in [5.41, 5.74) is 2.70. The van der Waals surface area contributed by atoms with Crippen molar-refractivity contribution in [3.8, 4) is 11.3 Å². The van der Waals surface area contributed by atoms with Gasteiger partial charge in [-0.3, -0.25) is 9.78 Å². The first-order valence-electron chi connectivity index (χ1n) is 5.99. The minimum Gasteiger partial charge on any atom is -0.326 e. The van der Waals surface area contributed by atoms with E-state index < -0.39 is 0 Å². The zero-order chi connectivity index (χ0) is 13.0. The van der Waals surface area contributed by atoms with Gasteiger partial charge in [0.25, 0.3) is 0 Å². The summed E-state index contributed by atoms with van der Waals surface area (Å²) >= 11 is 0. The SMILES string of the molecule is CC(C)C(=O)Nc1cccc(-c2ccccn2)c1. The van der Waals surface area contributed by atoms with Gasteiger partial charge in [-0.05, 0) is 24.3 Å². The van der Waals surface area contributed by atoms with Crippen molar-refractivity contribution < 1.29 is 4.79 Å². The molecule has 1 aromatic heterocycles. The number of pyridine rings is 1. The normalized spacial score (nSPS) is 10.4. The van der Waals surface area contributed by atoms with Crippen molar-refractivity contribution in [2.45, 2.75) is 13.8 Å². The number of carbonyl (C=O) groups excluding carboxylic acids is 1. The van der Waals surface area contributed by atoms with E-state index in [9.17, 15) is 4.79 Å². The lowest BCUT2D eigenvalue weighted by Gasteiger charge is -2.09. The standard InChI is InChI=1S/C15H16N2O/c1-11(2)15(18)17-13-7-5-6-12(10-13)14-8-3-4-9-16-14/h3-11H,1-2H3,(H,17,18). The molecule has 1 N–H and O–H groups in total. The molecule has 2 rings (SSSR count). The van der Waals surface area contributed by atoms with Crippen LogP contribution in [-0.4, -0.2) is 10.9 Å². The highest BCUT2D eigenvalue weighted by Crippen LogP contribution is 2.20. The van der Waals surface area contributed by atoms with Crippen LogP contribution < -0.4 is 5.32 Å². The van der Waals surface area contributed by atoms with Crippen LogP contribution in [-0.2, 0) is 4.79 Å². The third-order valence-electron chi connectivity index (χ3n) is 2.62. The molecule has 1 heterocycles. The van der Waals surface area contributed by atoms with E-state index in [4.69, 9.17) is 0 Å². The Morgan fingerprint density at radius 2 is 2.00 bits per heavy atom. The smallest absolute Gasteiger partial charge is 0.226 e. The Balaban J connectivity index is 2.23. The van der Waals surface area contributed by atoms with E-state index in [2.05, 4.69) is 10.3 Å². The van der Waals surface area contributed by atoms with E-state index in [1.807, 2.05) is 56.3 Å². The van der Waals surface area contributed by atoms with Gasteiger partial charge < -0.3 is 5.32 Å². The number of carbonyl (C=O) groups is 1. The molecule has 0 spiro atoms. The first kappa shape index (κ1) is 12.3. The van der Waals surface area contributed by atoms with Gasteiger partial charge in [-0.1, -0.05) is 32.0 Å². The molecular weight excluding hydrogens is 224 g/mol. The Morgan fingerprint density at radius 3 is 2.67 bits per heavy atom. The van der Waals surface area contributed by atoms with Crippen molar-refractivity contribution in [1.29, 1.82) is 0 Å². The van der Waals surface area contributed by atoms with Crippen molar-refractivity contribution in [3.05, 3.63) is 48.7 Å². The number of hydrogen-bond acceptors (Lipinski definition) is 2. The number of aromatic nitrogens is 1. The molecule has 0 aliphatic carbocycles. The molecule has 0 saturated heterocycles. The van der Waals surface area contributed by atoms with Gasteiger partial charge in [-0.25, -0.2) is 0 Å². The summed E-state index contributed by atoms with van der Waals surface area (Å²) in [6, 6.07) is 13.5. The average Bonchev–Trinajstić information content (AvgIpc) is 2.40. The van der Waals surface area contributed by atoms with Crippen molar-refractivity contribution in [1.82, 2.24) is 4.98 Å². The molecule has 2 aromatic rings. The largest absolute Gasteiger partial charge is 0.326 e.